The molecule has 0 atom stereocenters. The van der Waals surface area contributed by atoms with E-state index in [1.54, 1.807) is 19.1 Å². The number of carbonyl (C=O) groups is 1. The predicted octanol–water partition coefficient (Wildman–Crippen LogP) is 4.46. The minimum Gasteiger partial charge on any atom is -0.284 e. The first kappa shape index (κ1) is 13.6. The Morgan fingerprint density at radius 2 is 1.58 bits per heavy atom. The molecule has 0 radical (unpaired) electrons. The number of hydrogen-bond donors (Lipinski definition) is 0. The molecule has 0 bridgehead atoms. The van der Waals surface area contributed by atoms with Gasteiger partial charge in [-0.1, -0.05) is 23.8 Å². The molecule has 0 unspecified atom stereocenters. The van der Waals surface area contributed by atoms with E-state index in [4.69, 9.17) is 0 Å². The van der Waals surface area contributed by atoms with E-state index >= 15 is 0 Å². The zero-order valence-electron chi connectivity index (χ0n) is 10.9. The summed E-state index contributed by atoms with van der Waals surface area (Å²) in [6, 6.07) is 6.53. The normalized spacial score (nSPS) is 11.9. The van der Waals surface area contributed by atoms with Crippen LogP contribution >= 0.6 is 0 Å². The predicted molar refractivity (Wildman–Crippen MR) is 67.7 cm³/mol. The first-order chi connectivity index (χ1) is 8.71. The van der Waals surface area contributed by atoms with Gasteiger partial charge in [0.25, 0.3) is 5.78 Å². The number of ketones is 1. The van der Waals surface area contributed by atoms with Gasteiger partial charge in [-0.05, 0) is 49.1 Å². The maximum absolute atomic E-state index is 12.6. The highest BCUT2D eigenvalue weighted by Gasteiger charge is 2.41. The van der Waals surface area contributed by atoms with E-state index in [1.807, 2.05) is 19.9 Å². The molecule has 100 valence electrons. The molecule has 4 heteroatoms. The third kappa shape index (κ3) is 2.35. The Morgan fingerprint density at radius 3 is 2.16 bits per heavy atom. The highest BCUT2D eigenvalue weighted by Crippen LogP contribution is 2.36. The van der Waals surface area contributed by atoms with Crippen LogP contribution in [0.1, 0.15) is 27.0 Å². The zero-order valence-corrected chi connectivity index (χ0v) is 10.9. The molecule has 2 aliphatic rings. The number of halogens is 3. The second-order valence-electron chi connectivity index (χ2n) is 4.76. The van der Waals surface area contributed by atoms with Gasteiger partial charge < -0.3 is 0 Å². The summed E-state index contributed by atoms with van der Waals surface area (Å²) in [5, 5.41) is 0. The third-order valence-corrected chi connectivity index (χ3v) is 3.16. The van der Waals surface area contributed by atoms with Gasteiger partial charge in [-0.15, -0.1) is 0 Å². The third-order valence-electron chi connectivity index (χ3n) is 3.16. The fourth-order valence-electron chi connectivity index (χ4n) is 2.45. The molecule has 0 amide bonds. The van der Waals surface area contributed by atoms with Crippen molar-refractivity contribution in [2.24, 2.45) is 0 Å². The summed E-state index contributed by atoms with van der Waals surface area (Å²) >= 11 is 0. The minimum absolute atomic E-state index is 0.265. The Morgan fingerprint density at radius 1 is 1.00 bits per heavy atom. The Kier molecular flexibility index (Phi) is 3.12. The average Bonchev–Trinajstić information content (AvgIpc) is 2.66. The van der Waals surface area contributed by atoms with Crippen molar-refractivity contribution < 1.29 is 18.0 Å². The van der Waals surface area contributed by atoms with Gasteiger partial charge in [-0.3, -0.25) is 4.79 Å². The summed E-state index contributed by atoms with van der Waals surface area (Å²) in [6.45, 7) is 5.43. The number of alkyl halides is 3. The van der Waals surface area contributed by atoms with Crippen LogP contribution in [-0.4, -0.2) is 12.0 Å². The van der Waals surface area contributed by atoms with Crippen LogP contribution < -0.4 is 0 Å². The van der Waals surface area contributed by atoms with Gasteiger partial charge in [0.15, 0.2) is 0 Å². The maximum Gasteiger partial charge on any atom is 0.454 e. The molecule has 0 fully saturated rings. The van der Waals surface area contributed by atoms with E-state index in [2.05, 4.69) is 0 Å². The summed E-state index contributed by atoms with van der Waals surface area (Å²) in [6.07, 6.45) is -4.84. The van der Waals surface area contributed by atoms with Crippen LogP contribution in [0.25, 0.3) is 11.1 Å². The van der Waals surface area contributed by atoms with Gasteiger partial charge in [0, 0.05) is 5.56 Å². The lowest BCUT2D eigenvalue weighted by atomic mass is 9.99. The Bertz CT molecular complexity index is 626. The largest absolute Gasteiger partial charge is 0.454 e. The lowest BCUT2D eigenvalue weighted by molar-refractivity contribution is -0.0884. The van der Waals surface area contributed by atoms with Gasteiger partial charge in [0.05, 0.1) is 0 Å². The lowest BCUT2D eigenvalue weighted by Gasteiger charge is -2.08. The van der Waals surface area contributed by atoms with Gasteiger partial charge in [-0.25, -0.2) is 0 Å². The molecule has 1 nitrogen and oxygen atoms in total. The Labute approximate surface area is 109 Å². The van der Waals surface area contributed by atoms with Crippen LogP contribution in [0, 0.1) is 20.8 Å². The molecule has 0 aromatic heterocycles. The molecule has 19 heavy (non-hydrogen) atoms. The van der Waals surface area contributed by atoms with Crippen molar-refractivity contribution in [3.8, 4) is 11.1 Å². The van der Waals surface area contributed by atoms with E-state index in [-0.39, 0.29) is 5.56 Å². The van der Waals surface area contributed by atoms with E-state index in [9.17, 15) is 18.0 Å². The first-order valence-electron chi connectivity index (χ1n) is 5.84. The van der Waals surface area contributed by atoms with Crippen molar-refractivity contribution in [2.45, 2.75) is 26.9 Å². The van der Waals surface area contributed by atoms with E-state index < -0.39 is 12.0 Å². The van der Waals surface area contributed by atoms with Crippen LogP contribution in [-0.2, 0) is 0 Å². The highest BCUT2D eigenvalue weighted by molar-refractivity contribution is 6.07. The van der Waals surface area contributed by atoms with Gasteiger partial charge in [-0.2, -0.15) is 13.2 Å². The summed E-state index contributed by atoms with van der Waals surface area (Å²) in [5.41, 5.74) is 3.32. The van der Waals surface area contributed by atoms with Crippen molar-refractivity contribution in [2.75, 3.05) is 0 Å². The molecule has 0 heterocycles. The van der Waals surface area contributed by atoms with E-state index in [0.717, 1.165) is 11.1 Å². The summed E-state index contributed by atoms with van der Waals surface area (Å²) < 4.78 is 37.8. The molecule has 0 saturated heterocycles. The smallest absolute Gasteiger partial charge is 0.284 e. The molecule has 0 aromatic rings. The van der Waals surface area contributed by atoms with E-state index in [0.29, 0.717) is 16.7 Å². The van der Waals surface area contributed by atoms with Crippen molar-refractivity contribution >= 4 is 5.78 Å². The molecule has 0 N–H and O–H groups in total. The molecule has 0 spiro atoms. The van der Waals surface area contributed by atoms with Crippen molar-refractivity contribution in [1.29, 1.82) is 0 Å². The summed E-state index contributed by atoms with van der Waals surface area (Å²) in [7, 11) is 0. The minimum atomic E-state index is -4.84. The fourth-order valence-corrected chi connectivity index (χ4v) is 2.45. The molecular formula is C15H13F3O. The SMILES string of the molecule is Cc1cc(C)c2ccc(C(=O)C(F)(F)F)c-2c(C)c1. The second-order valence-corrected chi connectivity index (χ2v) is 4.76. The average molecular weight is 266 g/mol. The monoisotopic (exact) mass is 266 g/mol. The maximum atomic E-state index is 12.6. The zero-order chi connectivity index (χ0) is 14.4. The number of fused-ring (bicyclic) bond motifs is 1. The molecular weight excluding hydrogens is 253 g/mol. The molecule has 0 aliphatic heterocycles. The number of Topliss-reactive ketones (excluding diaryl/α,β-unsaturated/α-hetero) is 1. The molecule has 0 aromatic carbocycles. The van der Waals surface area contributed by atoms with Crippen molar-refractivity contribution in [1.82, 2.24) is 0 Å². The topological polar surface area (TPSA) is 17.1 Å². The Hall–Kier alpha value is -1.84. The van der Waals surface area contributed by atoms with Gasteiger partial charge in [0.2, 0.25) is 0 Å². The van der Waals surface area contributed by atoms with Crippen LogP contribution in [0.3, 0.4) is 0 Å². The quantitative estimate of drug-likeness (QED) is 0.696. The lowest BCUT2D eigenvalue weighted by Crippen LogP contribution is -2.22. The molecule has 2 rings (SSSR count). The van der Waals surface area contributed by atoms with Crippen LogP contribution in [0.2, 0.25) is 0 Å². The number of carbonyl (C=O) groups excluding carboxylic acids is 1. The van der Waals surface area contributed by atoms with Crippen LogP contribution in [0.15, 0.2) is 24.3 Å². The summed E-state index contributed by atoms with van der Waals surface area (Å²) in [4.78, 5) is 11.5. The Balaban J connectivity index is 2.75. The van der Waals surface area contributed by atoms with Crippen molar-refractivity contribution in [3.63, 3.8) is 0 Å². The summed E-state index contributed by atoms with van der Waals surface area (Å²) in [5.74, 6) is -1.78. The number of hydrogen-bond acceptors (Lipinski definition) is 1. The molecule has 0 saturated carbocycles. The van der Waals surface area contributed by atoms with Gasteiger partial charge in [0.1, 0.15) is 0 Å². The van der Waals surface area contributed by atoms with Crippen LogP contribution in [0.5, 0.6) is 0 Å². The number of rotatable bonds is 1. The first-order valence-corrected chi connectivity index (χ1v) is 5.84. The fraction of sp³-hybridized carbons (Fsp3) is 0.267. The number of aryl methyl sites for hydroxylation is 3. The van der Waals surface area contributed by atoms with Crippen molar-refractivity contribution in [3.05, 3.63) is 46.5 Å². The second kappa shape index (κ2) is 4.37. The molecule has 2 aliphatic carbocycles. The standard InChI is InChI=1S/C15H13F3O/c1-8-6-9(2)11-4-5-12(13(11)10(3)7-8)14(19)15(16,17)18/h4-7H,1-3H3. The van der Waals surface area contributed by atoms with E-state index in [1.165, 1.54) is 6.07 Å². The van der Waals surface area contributed by atoms with Gasteiger partial charge >= 0.3 is 6.18 Å². The highest BCUT2D eigenvalue weighted by atomic mass is 19.4. The van der Waals surface area contributed by atoms with Crippen LogP contribution in [0.4, 0.5) is 13.2 Å².